The third kappa shape index (κ3) is 3.47. The molecule has 0 spiro atoms. The SMILES string of the molecule is O=C(Cl)c1cnc(-c2ccccc2)nc1C(=O)c1ccc([N+](=O)[O-])cc1. The minimum Gasteiger partial charge on any atom is -0.287 e. The standard InChI is InChI=1S/C18H10ClN3O4/c19-17(24)14-10-20-18(12-4-2-1-3-5-12)21-15(14)16(23)11-6-8-13(9-7-11)22(25)26/h1-10H. The van der Waals surface area contributed by atoms with Crippen molar-refractivity contribution in [2.24, 2.45) is 0 Å². The van der Waals surface area contributed by atoms with E-state index in [2.05, 4.69) is 9.97 Å². The predicted octanol–water partition coefficient (Wildman–Crippen LogP) is 3.66. The Morgan fingerprint density at radius 2 is 1.65 bits per heavy atom. The average molecular weight is 368 g/mol. The molecule has 0 fully saturated rings. The van der Waals surface area contributed by atoms with E-state index in [-0.39, 0.29) is 28.3 Å². The van der Waals surface area contributed by atoms with Gasteiger partial charge in [0, 0.05) is 29.5 Å². The van der Waals surface area contributed by atoms with Gasteiger partial charge in [-0.05, 0) is 23.7 Å². The first-order valence-electron chi connectivity index (χ1n) is 7.39. The van der Waals surface area contributed by atoms with E-state index >= 15 is 0 Å². The number of ketones is 1. The number of carbonyl (C=O) groups excluding carboxylic acids is 2. The minimum absolute atomic E-state index is 0.130. The summed E-state index contributed by atoms with van der Waals surface area (Å²) in [6.07, 6.45) is 1.20. The summed E-state index contributed by atoms with van der Waals surface area (Å²) in [4.78, 5) is 42.9. The summed E-state index contributed by atoms with van der Waals surface area (Å²) in [7, 11) is 0. The van der Waals surface area contributed by atoms with E-state index in [9.17, 15) is 19.7 Å². The van der Waals surface area contributed by atoms with Crippen molar-refractivity contribution in [3.63, 3.8) is 0 Å². The van der Waals surface area contributed by atoms with Crippen molar-refractivity contribution in [3.8, 4) is 11.4 Å². The molecule has 128 valence electrons. The smallest absolute Gasteiger partial charge is 0.269 e. The predicted molar refractivity (Wildman–Crippen MR) is 94.2 cm³/mol. The van der Waals surface area contributed by atoms with Crippen LogP contribution in [0, 0.1) is 10.1 Å². The Kier molecular flexibility index (Phi) is 4.81. The van der Waals surface area contributed by atoms with Crippen LogP contribution in [0.25, 0.3) is 11.4 Å². The van der Waals surface area contributed by atoms with Crippen molar-refractivity contribution in [1.82, 2.24) is 9.97 Å². The summed E-state index contributed by atoms with van der Waals surface area (Å²) in [5.41, 5.74) is 0.372. The monoisotopic (exact) mass is 367 g/mol. The second-order valence-corrected chi connectivity index (χ2v) is 5.57. The number of rotatable bonds is 5. The summed E-state index contributed by atoms with van der Waals surface area (Å²) < 4.78 is 0. The van der Waals surface area contributed by atoms with Crippen molar-refractivity contribution < 1.29 is 14.5 Å². The fourth-order valence-electron chi connectivity index (χ4n) is 2.30. The molecule has 0 radical (unpaired) electrons. The molecule has 0 bridgehead atoms. The zero-order chi connectivity index (χ0) is 18.7. The van der Waals surface area contributed by atoms with Crippen LogP contribution in [-0.2, 0) is 0 Å². The van der Waals surface area contributed by atoms with Crippen LogP contribution in [0.3, 0.4) is 0 Å². The van der Waals surface area contributed by atoms with Crippen molar-refractivity contribution in [2.45, 2.75) is 0 Å². The first-order valence-corrected chi connectivity index (χ1v) is 7.76. The number of benzene rings is 2. The molecule has 0 atom stereocenters. The number of nitro benzene ring substituents is 1. The topological polar surface area (TPSA) is 103 Å². The van der Waals surface area contributed by atoms with Gasteiger partial charge in [-0.3, -0.25) is 19.7 Å². The van der Waals surface area contributed by atoms with Crippen LogP contribution in [0.5, 0.6) is 0 Å². The van der Waals surface area contributed by atoms with Crippen molar-refractivity contribution in [1.29, 1.82) is 0 Å². The highest BCUT2D eigenvalue weighted by Crippen LogP contribution is 2.21. The molecule has 3 rings (SSSR count). The fourth-order valence-corrected chi connectivity index (χ4v) is 2.43. The molecular formula is C18H10ClN3O4. The van der Waals surface area contributed by atoms with Gasteiger partial charge < -0.3 is 0 Å². The molecule has 26 heavy (non-hydrogen) atoms. The maximum Gasteiger partial charge on any atom is 0.269 e. The number of nitro groups is 1. The van der Waals surface area contributed by atoms with Crippen LogP contribution in [-0.4, -0.2) is 25.9 Å². The van der Waals surface area contributed by atoms with E-state index in [0.717, 1.165) is 0 Å². The van der Waals surface area contributed by atoms with Gasteiger partial charge in [-0.2, -0.15) is 0 Å². The lowest BCUT2D eigenvalue weighted by Gasteiger charge is -2.07. The van der Waals surface area contributed by atoms with Crippen LogP contribution in [0.1, 0.15) is 26.4 Å². The summed E-state index contributed by atoms with van der Waals surface area (Å²) in [5.74, 6) is -0.319. The maximum absolute atomic E-state index is 12.8. The molecule has 1 heterocycles. The van der Waals surface area contributed by atoms with Gasteiger partial charge in [-0.25, -0.2) is 9.97 Å². The van der Waals surface area contributed by atoms with Gasteiger partial charge in [-0.15, -0.1) is 0 Å². The minimum atomic E-state index is -0.866. The second-order valence-electron chi connectivity index (χ2n) is 5.23. The van der Waals surface area contributed by atoms with Crippen molar-refractivity contribution in [3.05, 3.63) is 87.7 Å². The molecule has 7 nitrogen and oxygen atoms in total. The van der Waals surface area contributed by atoms with Gasteiger partial charge in [0.05, 0.1) is 10.5 Å². The lowest BCUT2D eigenvalue weighted by molar-refractivity contribution is -0.384. The molecule has 8 heteroatoms. The Balaban J connectivity index is 2.07. The first kappa shape index (κ1) is 17.4. The highest BCUT2D eigenvalue weighted by atomic mass is 35.5. The number of hydrogen-bond acceptors (Lipinski definition) is 6. The zero-order valence-corrected chi connectivity index (χ0v) is 13.9. The largest absolute Gasteiger partial charge is 0.287 e. The number of nitrogens with zero attached hydrogens (tertiary/aromatic N) is 3. The van der Waals surface area contributed by atoms with Crippen LogP contribution < -0.4 is 0 Å². The molecule has 0 saturated heterocycles. The summed E-state index contributed by atoms with van der Waals surface area (Å²) >= 11 is 5.54. The Hall–Kier alpha value is -3.45. The normalized spacial score (nSPS) is 10.3. The molecule has 0 saturated carbocycles. The van der Waals surface area contributed by atoms with Gasteiger partial charge in [0.15, 0.2) is 5.82 Å². The molecule has 0 aliphatic carbocycles. The summed E-state index contributed by atoms with van der Waals surface area (Å²) in [6.45, 7) is 0. The molecule has 0 amide bonds. The quantitative estimate of drug-likeness (QED) is 0.295. The lowest BCUT2D eigenvalue weighted by atomic mass is 10.0. The highest BCUT2D eigenvalue weighted by Gasteiger charge is 2.21. The molecule has 0 unspecified atom stereocenters. The molecule has 1 aromatic heterocycles. The van der Waals surface area contributed by atoms with E-state index < -0.39 is 15.9 Å². The van der Waals surface area contributed by atoms with E-state index in [1.165, 1.54) is 30.5 Å². The summed E-state index contributed by atoms with van der Waals surface area (Å²) in [6, 6.07) is 13.9. The number of non-ortho nitro benzene ring substituents is 1. The average Bonchev–Trinajstić information content (AvgIpc) is 2.67. The molecule has 3 aromatic rings. The van der Waals surface area contributed by atoms with E-state index in [0.29, 0.717) is 5.56 Å². The molecular weight excluding hydrogens is 358 g/mol. The van der Waals surface area contributed by atoms with Crippen LogP contribution in [0.2, 0.25) is 0 Å². The van der Waals surface area contributed by atoms with Crippen molar-refractivity contribution >= 4 is 28.3 Å². The van der Waals surface area contributed by atoms with E-state index in [4.69, 9.17) is 11.6 Å². The van der Waals surface area contributed by atoms with Gasteiger partial charge in [0.25, 0.3) is 10.9 Å². The molecule has 0 N–H and O–H groups in total. The number of aromatic nitrogens is 2. The number of hydrogen-bond donors (Lipinski definition) is 0. The van der Waals surface area contributed by atoms with Crippen molar-refractivity contribution in [2.75, 3.05) is 0 Å². The van der Waals surface area contributed by atoms with Crippen LogP contribution in [0.4, 0.5) is 5.69 Å². The van der Waals surface area contributed by atoms with Gasteiger partial charge in [-0.1, -0.05) is 30.3 Å². The number of carbonyl (C=O) groups is 2. The number of halogens is 1. The van der Waals surface area contributed by atoms with Gasteiger partial charge >= 0.3 is 0 Å². The van der Waals surface area contributed by atoms with Gasteiger partial charge in [0.1, 0.15) is 5.69 Å². The maximum atomic E-state index is 12.8. The lowest BCUT2D eigenvalue weighted by Crippen LogP contribution is -2.12. The van der Waals surface area contributed by atoms with Crippen LogP contribution >= 0.6 is 11.6 Å². The molecule has 0 aliphatic heterocycles. The summed E-state index contributed by atoms with van der Waals surface area (Å²) in [5, 5.41) is 9.87. The fraction of sp³-hybridized carbons (Fsp3) is 0. The first-order chi connectivity index (χ1) is 12.5. The van der Waals surface area contributed by atoms with Gasteiger partial charge in [0.2, 0.25) is 5.78 Å². The Labute approximate surface area is 152 Å². The Morgan fingerprint density at radius 3 is 2.23 bits per heavy atom. The second kappa shape index (κ2) is 7.20. The molecule has 0 aliphatic rings. The Bertz CT molecular complexity index is 1000. The third-order valence-electron chi connectivity index (χ3n) is 3.59. The molecule has 2 aromatic carbocycles. The van der Waals surface area contributed by atoms with E-state index in [1.807, 2.05) is 6.07 Å². The third-order valence-corrected chi connectivity index (χ3v) is 3.79. The zero-order valence-electron chi connectivity index (χ0n) is 13.1. The Morgan fingerprint density at radius 1 is 1.00 bits per heavy atom. The van der Waals surface area contributed by atoms with Crippen LogP contribution in [0.15, 0.2) is 60.8 Å². The highest BCUT2D eigenvalue weighted by molar-refractivity contribution is 6.68. The van der Waals surface area contributed by atoms with E-state index in [1.54, 1.807) is 24.3 Å².